The molecule has 2 rings (SSSR count). The monoisotopic (exact) mass is 263 g/mol. The quantitative estimate of drug-likeness (QED) is 0.891. The molecule has 0 spiro atoms. The number of aromatic nitrogens is 1. The molecule has 2 aromatic rings. The van der Waals surface area contributed by atoms with Crippen LogP contribution in [0.25, 0.3) is 10.2 Å². The molecule has 1 aromatic heterocycles. The molecular formula is C13H17N3OS. The first-order valence-electron chi connectivity index (χ1n) is 6.01. The Labute approximate surface area is 110 Å². The second kappa shape index (κ2) is 5.82. The molecule has 0 bridgehead atoms. The molecule has 18 heavy (non-hydrogen) atoms. The van der Waals surface area contributed by atoms with Gasteiger partial charge in [-0.1, -0.05) is 26.0 Å². The van der Waals surface area contributed by atoms with Gasteiger partial charge in [-0.15, -0.1) is 11.3 Å². The Balaban J connectivity index is 1.88. The van der Waals surface area contributed by atoms with E-state index in [1.165, 1.54) is 0 Å². The van der Waals surface area contributed by atoms with Gasteiger partial charge >= 0.3 is 6.03 Å². The highest BCUT2D eigenvalue weighted by Crippen LogP contribution is 2.21. The fourth-order valence-corrected chi connectivity index (χ4v) is 2.42. The summed E-state index contributed by atoms with van der Waals surface area (Å²) in [4.78, 5) is 15.9. The molecule has 0 saturated carbocycles. The SMILES string of the molecule is CC(C)CNC(=O)NCc1nc2ccccc2s1. The van der Waals surface area contributed by atoms with Crippen molar-refractivity contribution in [3.63, 3.8) is 0 Å². The average molecular weight is 263 g/mol. The van der Waals surface area contributed by atoms with E-state index in [4.69, 9.17) is 0 Å². The van der Waals surface area contributed by atoms with Crippen LogP contribution in [0.1, 0.15) is 18.9 Å². The lowest BCUT2D eigenvalue weighted by atomic mass is 10.2. The highest BCUT2D eigenvalue weighted by atomic mass is 32.1. The summed E-state index contributed by atoms with van der Waals surface area (Å²) in [6.07, 6.45) is 0. The van der Waals surface area contributed by atoms with Gasteiger partial charge in [0.1, 0.15) is 5.01 Å². The first-order valence-corrected chi connectivity index (χ1v) is 6.83. The van der Waals surface area contributed by atoms with Gasteiger partial charge in [-0.05, 0) is 18.1 Å². The van der Waals surface area contributed by atoms with Crippen LogP contribution in [0.2, 0.25) is 0 Å². The van der Waals surface area contributed by atoms with Gasteiger partial charge in [-0.3, -0.25) is 0 Å². The van der Waals surface area contributed by atoms with Crippen LogP contribution in [-0.4, -0.2) is 17.6 Å². The molecule has 0 aliphatic carbocycles. The maximum absolute atomic E-state index is 11.5. The van der Waals surface area contributed by atoms with E-state index in [-0.39, 0.29) is 6.03 Å². The van der Waals surface area contributed by atoms with Crippen molar-refractivity contribution in [1.29, 1.82) is 0 Å². The predicted octanol–water partition coefficient (Wildman–Crippen LogP) is 2.75. The van der Waals surface area contributed by atoms with Crippen LogP contribution < -0.4 is 10.6 Å². The van der Waals surface area contributed by atoms with Gasteiger partial charge in [0, 0.05) is 6.54 Å². The van der Waals surface area contributed by atoms with Gasteiger partial charge in [0.2, 0.25) is 0 Å². The minimum Gasteiger partial charge on any atom is -0.338 e. The largest absolute Gasteiger partial charge is 0.338 e. The second-order valence-corrected chi connectivity index (χ2v) is 5.65. The molecule has 1 aromatic carbocycles. The van der Waals surface area contributed by atoms with E-state index in [2.05, 4.69) is 29.5 Å². The smallest absolute Gasteiger partial charge is 0.315 e. The maximum atomic E-state index is 11.5. The molecule has 0 radical (unpaired) electrons. The van der Waals surface area contributed by atoms with Crippen LogP contribution in [0.5, 0.6) is 0 Å². The normalized spacial score (nSPS) is 10.8. The molecule has 0 aliphatic heterocycles. The van der Waals surface area contributed by atoms with Crippen LogP contribution >= 0.6 is 11.3 Å². The number of nitrogens with zero attached hydrogens (tertiary/aromatic N) is 1. The van der Waals surface area contributed by atoms with Crippen molar-refractivity contribution in [1.82, 2.24) is 15.6 Å². The highest BCUT2D eigenvalue weighted by Gasteiger charge is 2.05. The van der Waals surface area contributed by atoms with Crippen LogP contribution in [-0.2, 0) is 6.54 Å². The number of carbonyl (C=O) groups excluding carboxylic acids is 1. The van der Waals surface area contributed by atoms with Gasteiger partial charge in [-0.25, -0.2) is 9.78 Å². The third kappa shape index (κ3) is 3.43. The topological polar surface area (TPSA) is 54.0 Å². The minimum atomic E-state index is -0.136. The number of nitrogens with one attached hydrogen (secondary N) is 2. The molecule has 0 aliphatic rings. The average Bonchev–Trinajstić information content (AvgIpc) is 2.76. The highest BCUT2D eigenvalue weighted by molar-refractivity contribution is 7.18. The van der Waals surface area contributed by atoms with E-state index in [0.717, 1.165) is 15.2 Å². The predicted molar refractivity (Wildman–Crippen MR) is 74.7 cm³/mol. The van der Waals surface area contributed by atoms with Gasteiger partial charge in [0.25, 0.3) is 0 Å². The molecule has 0 saturated heterocycles. The lowest BCUT2D eigenvalue weighted by Crippen LogP contribution is -2.36. The number of rotatable bonds is 4. The van der Waals surface area contributed by atoms with Crippen LogP contribution in [0, 0.1) is 5.92 Å². The Bertz CT molecular complexity index is 503. The number of thiazole rings is 1. The molecule has 0 fully saturated rings. The number of benzene rings is 1. The third-order valence-electron chi connectivity index (χ3n) is 2.41. The summed E-state index contributed by atoms with van der Waals surface area (Å²) in [6, 6.07) is 7.84. The molecule has 96 valence electrons. The Morgan fingerprint density at radius 1 is 1.33 bits per heavy atom. The molecule has 2 amide bonds. The number of urea groups is 1. The van der Waals surface area contributed by atoms with E-state index >= 15 is 0 Å². The third-order valence-corrected chi connectivity index (χ3v) is 3.45. The fourth-order valence-electron chi connectivity index (χ4n) is 1.51. The number of para-hydroxylation sites is 1. The van der Waals surface area contributed by atoms with Crippen molar-refractivity contribution in [3.8, 4) is 0 Å². The zero-order valence-corrected chi connectivity index (χ0v) is 11.4. The Kier molecular flexibility index (Phi) is 4.15. The van der Waals surface area contributed by atoms with E-state index < -0.39 is 0 Å². The molecule has 4 nitrogen and oxygen atoms in total. The van der Waals surface area contributed by atoms with E-state index in [9.17, 15) is 4.79 Å². The number of carbonyl (C=O) groups is 1. The second-order valence-electron chi connectivity index (χ2n) is 4.53. The molecule has 0 unspecified atom stereocenters. The number of hydrogen-bond donors (Lipinski definition) is 2. The summed E-state index contributed by atoms with van der Waals surface area (Å²) in [5, 5.41) is 6.55. The summed E-state index contributed by atoms with van der Waals surface area (Å²) >= 11 is 1.61. The van der Waals surface area contributed by atoms with E-state index in [1.807, 2.05) is 24.3 Å². The molecule has 0 atom stereocenters. The Morgan fingerprint density at radius 3 is 2.83 bits per heavy atom. The number of amides is 2. The van der Waals surface area contributed by atoms with Crippen LogP contribution in [0.4, 0.5) is 4.79 Å². The van der Waals surface area contributed by atoms with Crippen molar-refractivity contribution in [2.75, 3.05) is 6.54 Å². The van der Waals surface area contributed by atoms with Gasteiger partial charge < -0.3 is 10.6 Å². The number of fused-ring (bicyclic) bond motifs is 1. The van der Waals surface area contributed by atoms with E-state index in [1.54, 1.807) is 11.3 Å². The standard InChI is InChI=1S/C13H17N3OS/c1-9(2)7-14-13(17)15-8-12-16-10-5-3-4-6-11(10)18-12/h3-6,9H,7-8H2,1-2H3,(H2,14,15,17). The fraction of sp³-hybridized carbons (Fsp3) is 0.385. The first kappa shape index (κ1) is 12.8. The molecule has 2 N–H and O–H groups in total. The van der Waals surface area contributed by atoms with Gasteiger partial charge in [0.15, 0.2) is 0 Å². The van der Waals surface area contributed by atoms with Crippen molar-refractivity contribution in [2.45, 2.75) is 20.4 Å². The maximum Gasteiger partial charge on any atom is 0.315 e. The number of hydrogen-bond acceptors (Lipinski definition) is 3. The summed E-state index contributed by atoms with van der Waals surface area (Å²) in [6.45, 7) is 5.29. The summed E-state index contributed by atoms with van der Waals surface area (Å²) in [7, 11) is 0. The van der Waals surface area contributed by atoms with Crippen LogP contribution in [0.15, 0.2) is 24.3 Å². The van der Waals surface area contributed by atoms with E-state index in [0.29, 0.717) is 19.0 Å². The zero-order valence-electron chi connectivity index (χ0n) is 10.6. The van der Waals surface area contributed by atoms with Crippen molar-refractivity contribution < 1.29 is 4.79 Å². The van der Waals surface area contributed by atoms with Crippen molar-refractivity contribution >= 4 is 27.6 Å². The lowest BCUT2D eigenvalue weighted by molar-refractivity contribution is 0.239. The molecule has 1 heterocycles. The lowest BCUT2D eigenvalue weighted by Gasteiger charge is -2.07. The summed E-state index contributed by atoms with van der Waals surface area (Å²) < 4.78 is 1.15. The minimum absolute atomic E-state index is 0.136. The Hall–Kier alpha value is -1.62. The zero-order chi connectivity index (χ0) is 13.0. The van der Waals surface area contributed by atoms with Gasteiger partial charge in [0.05, 0.1) is 16.8 Å². The molecule has 5 heteroatoms. The summed E-state index contributed by atoms with van der Waals surface area (Å²) in [5.41, 5.74) is 0.988. The first-order chi connectivity index (χ1) is 8.65. The van der Waals surface area contributed by atoms with Crippen LogP contribution in [0.3, 0.4) is 0 Å². The van der Waals surface area contributed by atoms with Gasteiger partial charge in [-0.2, -0.15) is 0 Å². The summed E-state index contributed by atoms with van der Waals surface area (Å²) in [5.74, 6) is 0.457. The molecular weight excluding hydrogens is 246 g/mol. The Morgan fingerprint density at radius 2 is 2.11 bits per heavy atom. The van der Waals surface area contributed by atoms with Crippen molar-refractivity contribution in [3.05, 3.63) is 29.3 Å². The van der Waals surface area contributed by atoms with Crippen molar-refractivity contribution in [2.24, 2.45) is 5.92 Å².